The molecule has 1 aromatic rings. The van der Waals surface area contributed by atoms with Crippen molar-refractivity contribution in [1.29, 1.82) is 0 Å². The quantitative estimate of drug-likeness (QED) is 0.501. The highest BCUT2D eigenvalue weighted by molar-refractivity contribution is 6.00. The number of nitrogen functional groups attached to an aromatic ring is 1. The third-order valence-electron chi connectivity index (χ3n) is 6.43. The molecule has 1 aliphatic heterocycles. The van der Waals surface area contributed by atoms with Crippen molar-refractivity contribution in [3.63, 3.8) is 0 Å². The van der Waals surface area contributed by atoms with Crippen molar-refractivity contribution in [3.05, 3.63) is 47.7 Å². The molecule has 32 heavy (non-hydrogen) atoms. The number of nitrogens with zero attached hydrogens (tertiary/aromatic N) is 3. The van der Waals surface area contributed by atoms with Crippen molar-refractivity contribution in [2.45, 2.75) is 72.3 Å². The number of rotatable bonds is 8. The van der Waals surface area contributed by atoms with Gasteiger partial charge in [0.2, 0.25) is 0 Å². The highest BCUT2D eigenvalue weighted by Gasteiger charge is 2.15. The Morgan fingerprint density at radius 1 is 1.34 bits per heavy atom. The van der Waals surface area contributed by atoms with E-state index in [-0.39, 0.29) is 0 Å². The minimum Gasteiger partial charge on any atom is -0.383 e. The van der Waals surface area contributed by atoms with Crippen LogP contribution in [-0.2, 0) is 0 Å². The fourth-order valence-corrected chi connectivity index (χ4v) is 3.97. The van der Waals surface area contributed by atoms with Gasteiger partial charge in [0.1, 0.15) is 5.82 Å². The van der Waals surface area contributed by atoms with Crippen molar-refractivity contribution < 1.29 is 0 Å². The largest absolute Gasteiger partial charge is 0.383 e. The molecule has 0 aliphatic carbocycles. The molecule has 0 saturated heterocycles. The molecule has 5 nitrogen and oxygen atoms in total. The van der Waals surface area contributed by atoms with E-state index in [1.165, 1.54) is 32.2 Å². The Balaban J connectivity index is 2.32. The number of hydrogen-bond donors (Lipinski definition) is 2. The molecule has 0 fully saturated rings. The molecule has 3 N–H and O–H groups in total. The molecule has 1 aliphatic rings. The van der Waals surface area contributed by atoms with Crippen LogP contribution in [0.5, 0.6) is 0 Å². The van der Waals surface area contributed by atoms with Crippen molar-refractivity contribution >= 4 is 22.8 Å². The molecule has 0 saturated carbocycles. The predicted octanol–water partition coefficient (Wildman–Crippen LogP) is 5.84. The standard InChI is InChI=1S/C27H43N5/c1-7-9-18-32(6)24-13-11-10-12-23(14-16-29-17-15-24)25-19-30-27(28)21(4)26(25)31-22(5)20(3)8-2/h10,12,14,19,24,29H,3,7-9,11,13,15-18H2,1-2,4-6H3,(H2,28,30). The molecule has 2 rings (SSSR count). The van der Waals surface area contributed by atoms with Crippen LogP contribution in [0.1, 0.15) is 70.4 Å². The zero-order valence-electron chi connectivity index (χ0n) is 20.9. The molecule has 176 valence electrons. The van der Waals surface area contributed by atoms with Crippen LogP contribution in [0.15, 0.2) is 41.6 Å². The van der Waals surface area contributed by atoms with Crippen LogP contribution in [0.25, 0.3) is 5.57 Å². The smallest absolute Gasteiger partial charge is 0.128 e. The van der Waals surface area contributed by atoms with E-state index >= 15 is 0 Å². The molecule has 5 heteroatoms. The van der Waals surface area contributed by atoms with Crippen LogP contribution >= 0.6 is 0 Å². The lowest BCUT2D eigenvalue weighted by Crippen LogP contribution is -2.35. The molecule has 0 radical (unpaired) electrons. The number of nitrogens with one attached hydrogen (secondary N) is 1. The SMILES string of the molecule is C=C(CC)C(C)=Nc1c(C2=CCNCCC(N(C)CCCC)CCC=C2)cnc(N)c1C. The van der Waals surface area contributed by atoms with E-state index in [0.29, 0.717) is 11.9 Å². The first-order chi connectivity index (χ1) is 15.4. The molecule has 1 atom stereocenters. The Kier molecular flexibility index (Phi) is 10.8. The number of aliphatic imine (C=N–C) groups is 1. The van der Waals surface area contributed by atoms with Gasteiger partial charge in [-0.25, -0.2) is 4.98 Å². The average molecular weight is 438 g/mol. The van der Waals surface area contributed by atoms with E-state index in [1.54, 1.807) is 0 Å². The topological polar surface area (TPSA) is 66.5 Å². The summed E-state index contributed by atoms with van der Waals surface area (Å²) < 4.78 is 0. The van der Waals surface area contributed by atoms with Crippen molar-refractivity contribution in [1.82, 2.24) is 15.2 Å². The summed E-state index contributed by atoms with van der Waals surface area (Å²) in [5.41, 5.74) is 12.1. The molecule has 1 aromatic heterocycles. The molecular weight excluding hydrogens is 394 g/mol. The lowest BCUT2D eigenvalue weighted by atomic mass is 10.0. The molecule has 0 aromatic carbocycles. The maximum absolute atomic E-state index is 6.15. The minimum atomic E-state index is 0.528. The molecule has 2 heterocycles. The van der Waals surface area contributed by atoms with Crippen molar-refractivity contribution in [3.8, 4) is 0 Å². The Bertz CT molecular complexity index is 850. The number of allylic oxidation sites excluding steroid dienone is 4. The number of nitrogens with two attached hydrogens (primary N) is 1. The number of aromatic nitrogens is 1. The summed E-state index contributed by atoms with van der Waals surface area (Å²) in [7, 11) is 2.27. The van der Waals surface area contributed by atoms with Gasteiger partial charge in [0.25, 0.3) is 0 Å². The highest BCUT2D eigenvalue weighted by atomic mass is 15.1. The first-order valence-electron chi connectivity index (χ1n) is 12.2. The van der Waals surface area contributed by atoms with Crippen LogP contribution < -0.4 is 11.1 Å². The van der Waals surface area contributed by atoms with E-state index < -0.39 is 0 Å². The van der Waals surface area contributed by atoms with Gasteiger partial charge in [-0.3, -0.25) is 4.99 Å². The lowest BCUT2D eigenvalue weighted by Gasteiger charge is -2.28. The Morgan fingerprint density at radius 3 is 2.84 bits per heavy atom. The summed E-state index contributed by atoms with van der Waals surface area (Å²) in [5, 5.41) is 3.61. The fourth-order valence-electron chi connectivity index (χ4n) is 3.97. The van der Waals surface area contributed by atoms with Gasteiger partial charge in [0, 0.05) is 35.6 Å². The molecule has 1 unspecified atom stereocenters. The Hall–Kier alpha value is -2.24. The van der Waals surface area contributed by atoms with Crippen LogP contribution in [0.3, 0.4) is 0 Å². The fraction of sp³-hybridized carbons (Fsp3) is 0.556. The summed E-state index contributed by atoms with van der Waals surface area (Å²) in [6, 6.07) is 0.614. The van der Waals surface area contributed by atoms with E-state index in [4.69, 9.17) is 10.7 Å². The molecule has 0 amide bonds. The number of unbranched alkanes of at least 4 members (excludes halogenated alkanes) is 1. The van der Waals surface area contributed by atoms with E-state index in [9.17, 15) is 0 Å². The van der Waals surface area contributed by atoms with Crippen LogP contribution in [0.2, 0.25) is 0 Å². The average Bonchev–Trinajstić information content (AvgIpc) is 2.85. The van der Waals surface area contributed by atoms with E-state index in [0.717, 1.165) is 59.6 Å². The van der Waals surface area contributed by atoms with Gasteiger partial charge >= 0.3 is 0 Å². The maximum Gasteiger partial charge on any atom is 0.128 e. The monoisotopic (exact) mass is 437 g/mol. The third-order valence-corrected chi connectivity index (χ3v) is 6.43. The van der Waals surface area contributed by atoms with Crippen molar-refractivity contribution in [2.24, 2.45) is 4.99 Å². The van der Waals surface area contributed by atoms with Gasteiger partial charge < -0.3 is 16.0 Å². The van der Waals surface area contributed by atoms with Gasteiger partial charge in [-0.1, -0.05) is 45.1 Å². The molecule has 0 spiro atoms. The highest BCUT2D eigenvalue weighted by Crippen LogP contribution is 2.33. The Labute approximate surface area is 195 Å². The first kappa shape index (κ1) is 26.0. The van der Waals surface area contributed by atoms with Gasteiger partial charge in [0.15, 0.2) is 0 Å². The van der Waals surface area contributed by atoms with Gasteiger partial charge in [-0.15, -0.1) is 0 Å². The van der Waals surface area contributed by atoms with Gasteiger partial charge in [-0.05, 0) is 77.2 Å². The second-order valence-corrected chi connectivity index (χ2v) is 8.81. The summed E-state index contributed by atoms with van der Waals surface area (Å²) in [5.74, 6) is 0.528. The van der Waals surface area contributed by atoms with Crippen LogP contribution in [-0.4, -0.2) is 48.3 Å². The zero-order chi connectivity index (χ0) is 23.5. The van der Waals surface area contributed by atoms with E-state index in [1.807, 2.05) is 20.0 Å². The first-order valence-corrected chi connectivity index (χ1v) is 12.2. The van der Waals surface area contributed by atoms with Crippen LogP contribution in [0, 0.1) is 6.92 Å². The third kappa shape index (κ3) is 7.42. The maximum atomic E-state index is 6.15. The summed E-state index contributed by atoms with van der Waals surface area (Å²) in [6.07, 6.45) is 15.4. The molecule has 0 bridgehead atoms. The lowest BCUT2D eigenvalue weighted by molar-refractivity contribution is 0.216. The van der Waals surface area contributed by atoms with E-state index in [2.05, 4.69) is 60.9 Å². The predicted molar refractivity (Wildman–Crippen MR) is 141 cm³/mol. The number of pyridine rings is 1. The summed E-state index contributed by atoms with van der Waals surface area (Å²) in [4.78, 5) is 11.9. The summed E-state index contributed by atoms with van der Waals surface area (Å²) in [6.45, 7) is 15.5. The number of anilines is 1. The minimum absolute atomic E-state index is 0.528. The zero-order valence-corrected chi connectivity index (χ0v) is 20.9. The second-order valence-electron chi connectivity index (χ2n) is 8.81. The number of hydrogen-bond acceptors (Lipinski definition) is 5. The van der Waals surface area contributed by atoms with Crippen LogP contribution in [0.4, 0.5) is 11.5 Å². The normalized spacial score (nSPS) is 18.4. The molecular formula is C27H43N5. The Morgan fingerprint density at radius 2 is 2.12 bits per heavy atom. The van der Waals surface area contributed by atoms with Crippen molar-refractivity contribution in [2.75, 3.05) is 32.4 Å². The summed E-state index contributed by atoms with van der Waals surface area (Å²) >= 11 is 0. The van der Waals surface area contributed by atoms with Gasteiger partial charge in [-0.2, -0.15) is 0 Å². The van der Waals surface area contributed by atoms with Gasteiger partial charge in [0.05, 0.1) is 5.69 Å². The second kappa shape index (κ2) is 13.3.